The van der Waals surface area contributed by atoms with Crippen molar-refractivity contribution in [2.24, 2.45) is 5.73 Å². The molecule has 132 valence electrons. The van der Waals surface area contributed by atoms with Crippen LogP contribution >= 0.6 is 35.8 Å². The molecule has 1 amide bonds. The van der Waals surface area contributed by atoms with E-state index in [0.717, 1.165) is 37.4 Å². The quantitative estimate of drug-likeness (QED) is 0.440. The molecule has 1 aromatic carbocycles. The van der Waals surface area contributed by atoms with Gasteiger partial charge in [0.15, 0.2) is 0 Å². The van der Waals surface area contributed by atoms with Gasteiger partial charge in [-0.05, 0) is 31.5 Å². The highest BCUT2D eigenvalue weighted by Gasteiger charge is 2.13. The first-order valence-electron chi connectivity index (χ1n) is 7.24. The Morgan fingerprint density at radius 2 is 1.96 bits per heavy atom. The van der Waals surface area contributed by atoms with Gasteiger partial charge < -0.3 is 11.1 Å². The minimum atomic E-state index is -2.42. The predicted molar refractivity (Wildman–Crippen MR) is 96.2 cm³/mol. The molecule has 0 unspecified atom stereocenters. The fourth-order valence-electron chi connectivity index (χ4n) is 1.90. The number of nitrogens with two attached hydrogens (primary N) is 1. The van der Waals surface area contributed by atoms with Gasteiger partial charge in [0.05, 0.1) is 16.5 Å². The van der Waals surface area contributed by atoms with Crippen LogP contribution in [0.2, 0.25) is 5.02 Å². The Morgan fingerprint density at radius 3 is 2.61 bits per heavy atom. The summed E-state index contributed by atoms with van der Waals surface area (Å²) in [7, 11) is 0. The molecule has 0 aliphatic heterocycles. The number of anilines is 1. The maximum Gasteiger partial charge on any atom is 0.247 e. The second-order valence-corrected chi connectivity index (χ2v) is 6.26. The van der Waals surface area contributed by atoms with Crippen LogP contribution in [-0.4, -0.2) is 24.6 Å². The molecule has 0 fully saturated rings. The molecular formula is C15H22Cl2F2N2OS. The summed E-state index contributed by atoms with van der Waals surface area (Å²) >= 11 is 6.98. The van der Waals surface area contributed by atoms with Crippen LogP contribution in [0.25, 0.3) is 0 Å². The zero-order valence-corrected chi connectivity index (χ0v) is 15.1. The molecule has 1 rings (SSSR count). The highest BCUT2D eigenvalue weighted by Crippen LogP contribution is 2.35. The van der Waals surface area contributed by atoms with Crippen LogP contribution in [0.1, 0.15) is 32.1 Å². The predicted octanol–water partition coefficient (Wildman–Crippen LogP) is 4.97. The lowest BCUT2D eigenvalue weighted by atomic mass is 10.1. The number of halogens is 4. The zero-order valence-electron chi connectivity index (χ0n) is 12.7. The van der Waals surface area contributed by atoms with Crippen molar-refractivity contribution in [3.8, 4) is 0 Å². The number of rotatable bonds is 10. The van der Waals surface area contributed by atoms with Crippen LogP contribution in [0.4, 0.5) is 14.5 Å². The van der Waals surface area contributed by atoms with Gasteiger partial charge in [-0.25, -0.2) is 8.78 Å². The summed E-state index contributed by atoms with van der Waals surface area (Å²) in [6, 6.07) is 4.98. The topological polar surface area (TPSA) is 55.1 Å². The highest BCUT2D eigenvalue weighted by molar-refractivity contribution is 7.99. The molecule has 8 heteroatoms. The number of carbonyl (C=O) groups excluding carboxylic acids is 1. The van der Waals surface area contributed by atoms with E-state index in [-0.39, 0.29) is 24.1 Å². The molecule has 0 saturated heterocycles. The fourth-order valence-corrected chi connectivity index (χ4v) is 3.01. The van der Waals surface area contributed by atoms with E-state index in [9.17, 15) is 13.6 Å². The summed E-state index contributed by atoms with van der Waals surface area (Å²) < 4.78 is 24.7. The number of amides is 1. The molecule has 3 N–H and O–H groups in total. The summed E-state index contributed by atoms with van der Waals surface area (Å²) in [5, 5.41) is 3.12. The van der Waals surface area contributed by atoms with Crippen molar-refractivity contribution in [2.75, 3.05) is 17.6 Å². The van der Waals surface area contributed by atoms with E-state index in [2.05, 4.69) is 5.32 Å². The van der Waals surface area contributed by atoms with Gasteiger partial charge in [0.1, 0.15) is 0 Å². The second-order valence-electron chi connectivity index (χ2n) is 4.82. The van der Waals surface area contributed by atoms with E-state index in [1.54, 1.807) is 18.2 Å². The number of hydrogen-bond acceptors (Lipinski definition) is 3. The van der Waals surface area contributed by atoms with Crippen molar-refractivity contribution in [2.45, 2.75) is 43.4 Å². The lowest BCUT2D eigenvalue weighted by Crippen LogP contribution is -2.12. The minimum absolute atomic E-state index is 0. The van der Waals surface area contributed by atoms with E-state index in [1.165, 1.54) is 0 Å². The molecule has 1 aromatic rings. The Balaban J connectivity index is 0.00000484. The number of unbranched alkanes of at least 4 members (excludes halogenated alkanes) is 3. The number of thioether (sulfide) groups is 1. The third-order valence-electron chi connectivity index (χ3n) is 2.95. The van der Waals surface area contributed by atoms with E-state index in [4.69, 9.17) is 17.3 Å². The van der Waals surface area contributed by atoms with Crippen LogP contribution in [0.5, 0.6) is 0 Å². The molecule has 0 aliphatic carbocycles. The standard InChI is InChI=1S/C15H21ClF2N2OS.ClH/c16-11-6-5-7-12(15(11)22-10-13(17)18)20-14(21)8-3-1-2-4-9-19;/h5-7,13H,1-4,8-10,19H2,(H,20,21);1H. The number of benzene rings is 1. The molecule has 0 aliphatic rings. The number of carbonyl (C=O) groups is 1. The molecule has 0 spiro atoms. The molecule has 0 bridgehead atoms. The third kappa shape index (κ3) is 9.35. The smallest absolute Gasteiger partial charge is 0.247 e. The van der Waals surface area contributed by atoms with Gasteiger partial charge in [0.25, 0.3) is 0 Å². The van der Waals surface area contributed by atoms with Crippen molar-refractivity contribution >= 4 is 47.4 Å². The van der Waals surface area contributed by atoms with Crippen molar-refractivity contribution < 1.29 is 13.6 Å². The highest BCUT2D eigenvalue weighted by atomic mass is 35.5. The minimum Gasteiger partial charge on any atom is -0.330 e. The van der Waals surface area contributed by atoms with Crippen LogP contribution in [0.3, 0.4) is 0 Å². The van der Waals surface area contributed by atoms with E-state index >= 15 is 0 Å². The average molecular weight is 387 g/mol. The number of nitrogens with one attached hydrogen (secondary N) is 1. The van der Waals surface area contributed by atoms with Gasteiger partial charge >= 0.3 is 0 Å². The van der Waals surface area contributed by atoms with Crippen LogP contribution in [-0.2, 0) is 4.79 Å². The summed E-state index contributed by atoms with van der Waals surface area (Å²) in [6.45, 7) is 0.666. The molecule has 0 atom stereocenters. The maximum atomic E-state index is 12.4. The summed E-state index contributed by atoms with van der Waals surface area (Å²) in [6.07, 6.45) is 1.68. The van der Waals surface area contributed by atoms with Gasteiger partial charge in [-0.2, -0.15) is 0 Å². The van der Waals surface area contributed by atoms with E-state index in [0.29, 0.717) is 28.6 Å². The van der Waals surface area contributed by atoms with Gasteiger partial charge in [0, 0.05) is 11.3 Å². The summed E-state index contributed by atoms with van der Waals surface area (Å²) in [4.78, 5) is 12.4. The summed E-state index contributed by atoms with van der Waals surface area (Å²) in [5.41, 5.74) is 5.90. The maximum absolute atomic E-state index is 12.4. The number of hydrogen-bond donors (Lipinski definition) is 2. The molecule has 3 nitrogen and oxygen atoms in total. The first kappa shape index (κ1) is 22.4. The monoisotopic (exact) mass is 386 g/mol. The first-order valence-corrected chi connectivity index (χ1v) is 8.60. The molecular weight excluding hydrogens is 365 g/mol. The average Bonchev–Trinajstić information content (AvgIpc) is 2.46. The van der Waals surface area contributed by atoms with Crippen LogP contribution in [0, 0.1) is 0 Å². The zero-order chi connectivity index (χ0) is 16.4. The lowest BCUT2D eigenvalue weighted by Gasteiger charge is -2.12. The lowest BCUT2D eigenvalue weighted by molar-refractivity contribution is -0.116. The largest absolute Gasteiger partial charge is 0.330 e. The van der Waals surface area contributed by atoms with Gasteiger partial charge in [-0.15, -0.1) is 24.2 Å². The second kappa shape index (κ2) is 12.8. The molecule has 0 saturated carbocycles. The number of alkyl halides is 2. The van der Waals surface area contributed by atoms with Crippen molar-refractivity contribution in [1.29, 1.82) is 0 Å². The van der Waals surface area contributed by atoms with Crippen LogP contribution < -0.4 is 11.1 Å². The van der Waals surface area contributed by atoms with Crippen molar-refractivity contribution in [3.05, 3.63) is 23.2 Å². The Hall–Kier alpha value is -0.560. The SMILES string of the molecule is Cl.NCCCCCCC(=O)Nc1cccc(Cl)c1SCC(F)F. The molecule has 0 heterocycles. The van der Waals surface area contributed by atoms with Gasteiger partial charge in [0.2, 0.25) is 12.3 Å². The Kier molecular flexibility index (Phi) is 12.5. The van der Waals surface area contributed by atoms with Crippen molar-refractivity contribution in [3.63, 3.8) is 0 Å². The van der Waals surface area contributed by atoms with E-state index in [1.807, 2.05) is 0 Å². The van der Waals surface area contributed by atoms with Gasteiger partial charge in [-0.1, -0.05) is 30.5 Å². The van der Waals surface area contributed by atoms with Crippen molar-refractivity contribution in [1.82, 2.24) is 0 Å². The normalized spacial score (nSPS) is 10.5. The molecule has 0 aromatic heterocycles. The molecule has 0 radical (unpaired) electrons. The van der Waals surface area contributed by atoms with E-state index < -0.39 is 6.43 Å². The third-order valence-corrected chi connectivity index (χ3v) is 4.53. The fraction of sp³-hybridized carbons (Fsp3) is 0.533. The Bertz CT molecular complexity index is 479. The Labute approximate surface area is 151 Å². The van der Waals surface area contributed by atoms with Gasteiger partial charge in [-0.3, -0.25) is 4.79 Å². The molecule has 23 heavy (non-hydrogen) atoms. The Morgan fingerprint density at radius 1 is 1.26 bits per heavy atom. The first-order chi connectivity index (χ1) is 10.5. The summed E-state index contributed by atoms with van der Waals surface area (Å²) in [5.74, 6) is -0.486. The van der Waals surface area contributed by atoms with Crippen LogP contribution in [0.15, 0.2) is 23.1 Å².